The number of aryl methyl sites for hydroxylation is 1. The van der Waals surface area contributed by atoms with E-state index in [1.807, 2.05) is 0 Å². The number of aromatic nitrogens is 1. The van der Waals surface area contributed by atoms with Crippen LogP contribution in [-0.4, -0.2) is 18.1 Å². The minimum absolute atomic E-state index is 0.592. The van der Waals surface area contributed by atoms with Gasteiger partial charge in [-0.2, -0.15) is 0 Å². The summed E-state index contributed by atoms with van der Waals surface area (Å²) in [6.07, 6.45) is 4.91. The van der Waals surface area contributed by atoms with Crippen LogP contribution in [0.2, 0.25) is 0 Å². The maximum absolute atomic E-state index is 5.76. The largest absolute Gasteiger partial charge is 0.375 e. The Hall–Kier alpha value is -0.610. The Morgan fingerprint density at radius 2 is 2.47 bits per heavy atom. The number of nitrogens with zero attached hydrogens (tertiary/aromatic N) is 1. The van der Waals surface area contributed by atoms with Crippen LogP contribution in [0.25, 0.3) is 0 Å². The maximum Gasteiger partial charge on any atom is 0.180 e. The van der Waals surface area contributed by atoms with Crippen LogP contribution in [0.5, 0.6) is 0 Å². The molecule has 0 saturated carbocycles. The first kappa shape index (κ1) is 10.9. The molecule has 0 spiro atoms. The zero-order valence-electron chi connectivity index (χ0n) is 9.25. The average molecular weight is 225 g/mol. The SMILES string of the molecule is CCCNCC1CCCc2sc(N)nc21. The van der Waals surface area contributed by atoms with Gasteiger partial charge in [-0.25, -0.2) is 4.98 Å². The molecular formula is C11H19N3S. The lowest BCUT2D eigenvalue weighted by Crippen LogP contribution is -2.24. The molecule has 0 bridgehead atoms. The predicted octanol–water partition coefficient (Wildman–Crippen LogP) is 2.14. The van der Waals surface area contributed by atoms with Crippen LogP contribution in [0.3, 0.4) is 0 Å². The molecule has 1 heterocycles. The molecule has 0 saturated heterocycles. The summed E-state index contributed by atoms with van der Waals surface area (Å²) in [5.74, 6) is 0.592. The summed E-state index contributed by atoms with van der Waals surface area (Å²) in [7, 11) is 0. The highest BCUT2D eigenvalue weighted by molar-refractivity contribution is 7.15. The molecule has 4 heteroatoms. The third kappa shape index (κ3) is 2.49. The number of nitrogen functional groups attached to an aromatic ring is 1. The highest BCUT2D eigenvalue weighted by atomic mass is 32.1. The number of hydrogen-bond acceptors (Lipinski definition) is 4. The zero-order chi connectivity index (χ0) is 10.7. The third-order valence-electron chi connectivity index (χ3n) is 2.90. The van der Waals surface area contributed by atoms with Gasteiger partial charge in [0.25, 0.3) is 0 Å². The molecule has 15 heavy (non-hydrogen) atoms. The van der Waals surface area contributed by atoms with Crippen molar-refractivity contribution in [1.29, 1.82) is 0 Å². The van der Waals surface area contributed by atoms with Crippen molar-refractivity contribution in [1.82, 2.24) is 10.3 Å². The van der Waals surface area contributed by atoms with E-state index < -0.39 is 0 Å². The lowest BCUT2D eigenvalue weighted by atomic mass is 9.91. The number of hydrogen-bond donors (Lipinski definition) is 2. The first-order chi connectivity index (χ1) is 7.31. The summed E-state index contributed by atoms with van der Waals surface area (Å²) in [5, 5.41) is 4.22. The lowest BCUT2D eigenvalue weighted by Gasteiger charge is -2.21. The molecule has 0 aromatic carbocycles. The third-order valence-corrected chi connectivity index (χ3v) is 3.86. The van der Waals surface area contributed by atoms with Crippen LogP contribution in [0.15, 0.2) is 0 Å². The second-order valence-corrected chi connectivity index (χ2v) is 5.27. The molecule has 0 fully saturated rings. The zero-order valence-corrected chi connectivity index (χ0v) is 10.1. The van der Waals surface area contributed by atoms with Gasteiger partial charge in [0.2, 0.25) is 0 Å². The van der Waals surface area contributed by atoms with E-state index in [-0.39, 0.29) is 0 Å². The fraction of sp³-hybridized carbons (Fsp3) is 0.727. The van der Waals surface area contributed by atoms with Gasteiger partial charge in [0.05, 0.1) is 5.69 Å². The number of thiazole rings is 1. The fourth-order valence-electron chi connectivity index (χ4n) is 2.18. The monoisotopic (exact) mass is 225 g/mol. The molecule has 1 aliphatic carbocycles. The molecule has 0 aliphatic heterocycles. The van der Waals surface area contributed by atoms with Crippen molar-refractivity contribution >= 4 is 16.5 Å². The summed E-state index contributed by atoms with van der Waals surface area (Å²) >= 11 is 1.67. The molecule has 1 aromatic heterocycles. The minimum Gasteiger partial charge on any atom is -0.375 e. The average Bonchev–Trinajstić information content (AvgIpc) is 2.59. The Labute approximate surface area is 95.1 Å². The number of rotatable bonds is 4. The number of fused-ring (bicyclic) bond motifs is 1. The molecular weight excluding hydrogens is 206 g/mol. The van der Waals surface area contributed by atoms with Crippen LogP contribution < -0.4 is 11.1 Å². The number of nitrogens with two attached hydrogens (primary N) is 1. The van der Waals surface area contributed by atoms with Crippen molar-refractivity contribution in [2.75, 3.05) is 18.8 Å². The maximum atomic E-state index is 5.76. The van der Waals surface area contributed by atoms with Crippen molar-refractivity contribution < 1.29 is 0 Å². The summed E-state index contributed by atoms with van der Waals surface area (Å²) < 4.78 is 0. The van der Waals surface area contributed by atoms with E-state index in [2.05, 4.69) is 17.2 Å². The van der Waals surface area contributed by atoms with Gasteiger partial charge in [-0.05, 0) is 32.2 Å². The highest BCUT2D eigenvalue weighted by Gasteiger charge is 2.23. The van der Waals surface area contributed by atoms with Crippen LogP contribution in [0, 0.1) is 0 Å². The van der Waals surface area contributed by atoms with E-state index in [1.54, 1.807) is 11.3 Å². The Balaban J connectivity index is 2.01. The molecule has 0 amide bonds. The van der Waals surface area contributed by atoms with Gasteiger partial charge in [-0.3, -0.25) is 0 Å². The van der Waals surface area contributed by atoms with E-state index in [1.165, 1.54) is 36.3 Å². The highest BCUT2D eigenvalue weighted by Crippen LogP contribution is 2.35. The quantitative estimate of drug-likeness (QED) is 0.772. The summed E-state index contributed by atoms with van der Waals surface area (Å²) in [4.78, 5) is 5.89. The van der Waals surface area contributed by atoms with Crippen molar-refractivity contribution in [3.8, 4) is 0 Å². The van der Waals surface area contributed by atoms with Crippen molar-refractivity contribution in [3.63, 3.8) is 0 Å². The van der Waals surface area contributed by atoms with Gasteiger partial charge in [0.1, 0.15) is 0 Å². The van der Waals surface area contributed by atoms with Crippen LogP contribution in [0.4, 0.5) is 5.13 Å². The molecule has 3 nitrogen and oxygen atoms in total. The van der Waals surface area contributed by atoms with Crippen molar-refractivity contribution in [2.24, 2.45) is 0 Å². The Bertz CT molecular complexity index is 322. The summed E-state index contributed by atoms with van der Waals surface area (Å²) in [5.41, 5.74) is 7.03. The molecule has 2 rings (SSSR count). The fourth-order valence-corrected chi connectivity index (χ4v) is 3.14. The number of anilines is 1. The molecule has 1 aliphatic rings. The standard InChI is InChI=1S/C11H19N3S/c1-2-6-13-7-8-4-3-5-9-10(8)14-11(12)15-9/h8,13H,2-7H2,1H3,(H2,12,14). The Kier molecular flexibility index (Phi) is 3.59. The van der Waals surface area contributed by atoms with Gasteiger partial charge in [0, 0.05) is 17.3 Å². The van der Waals surface area contributed by atoms with Gasteiger partial charge in [-0.1, -0.05) is 6.92 Å². The summed E-state index contributed by atoms with van der Waals surface area (Å²) in [6.45, 7) is 4.36. The van der Waals surface area contributed by atoms with E-state index in [9.17, 15) is 0 Å². The second kappa shape index (κ2) is 4.94. The van der Waals surface area contributed by atoms with Gasteiger partial charge < -0.3 is 11.1 Å². The van der Waals surface area contributed by atoms with E-state index in [0.717, 1.165) is 18.2 Å². The summed E-state index contributed by atoms with van der Waals surface area (Å²) in [6, 6.07) is 0. The molecule has 3 N–H and O–H groups in total. The van der Waals surface area contributed by atoms with Gasteiger partial charge in [0.15, 0.2) is 5.13 Å². The molecule has 0 radical (unpaired) electrons. The van der Waals surface area contributed by atoms with E-state index >= 15 is 0 Å². The van der Waals surface area contributed by atoms with Crippen molar-refractivity contribution in [2.45, 2.75) is 38.5 Å². The van der Waals surface area contributed by atoms with Crippen molar-refractivity contribution in [3.05, 3.63) is 10.6 Å². The van der Waals surface area contributed by atoms with Gasteiger partial charge in [-0.15, -0.1) is 11.3 Å². The topological polar surface area (TPSA) is 50.9 Å². The first-order valence-electron chi connectivity index (χ1n) is 5.77. The first-order valence-corrected chi connectivity index (χ1v) is 6.58. The molecule has 84 valence electrons. The Morgan fingerprint density at radius 1 is 1.60 bits per heavy atom. The van der Waals surface area contributed by atoms with Gasteiger partial charge >= 0.3 is 0 Å². The normalized spacial score (nSPS) is 20.2. The number of nitrogens with one attached hydrogen (secondary N) is 1. The lowest BCUT2D eigenvalue weighted by molar-refractivity contribution is 0.502. The predicted molar refractivity (Wildman–Crippen MR) is 65.4 cm³/mol. The van der Waals surface area contributed by atoms with Crippen LogP contribution in [0.1, 0.15) is 42.7 Å². The molecule has 1 aromatic rings. The van der Waals surface area contributed by atoms with E-state index in [4.69, 9.17) is 5.73 Å². The Morgan fingerprint density at radius 3 is 3.27 bits per heavy atom. The second-order valence-electron chi connectivity index (χ2n) is 4.15. The van der Waals surface area contributed by atoms with Crippen LogP contribution in [-0.2, 0) is 6.42 Å². The molecule has 1 atom stereocenters. The smallest absolute Gasteiger partial charge is 0.180 e. The van der Waals surface area contributed by atoms with E-state index in [0.29, 0.717) is 5.92 Å². The molecule has 1 unspecified atom stereocenters. The van der Waals surface area contributed by atoms with Crippen LogP contribution >= 0.6 is 11.3 Å². The minimum atomic E-state index is 0.592.